The number of fused-ring (bicyclic) bond motifs is 2. The van der Waals surface area contributed by atoms with E-state index in [1.807, 2.05) is 0 Å². The van der Waals surface area contributed by atoms with Gasteiger partial charge in [0, 0.05) is 23.4 Å². The number of Topliss-reactive ketones (excluding diaryl/α,β-unsaturated/α-hetero) is 1. The number of hydrogen-bond donors (Lipinski definition) is 1. The van der Waals surface area contributed by atoms with Crippen LogP contribution in [0, 0.1) is 0 Å². The molecule has 1 N–H and O–H groups in total. The van der Waals surface area contributed by atoms with Crippen LogP contribution in [0.5, 0.6) is 11.5 Å². The van der Waals surface area contributed by atoms with E-state index in [4.69, 9.17) is 9.47 Å². The Bertz CT molecular complexity index is 702. The number of hydrogen-bond acceptors (Lipinski definition) is 4. The Balaban J connectivity index is 2.19. The second-order valence-electron chi connectivity index (χ2n) is 4.30. The largest absolute Gasteiger partial charge is 0.454 e. The Morgan fingerprint density at radius 2 is 2.00 bits per heavy atom. The summed E-state index contributed by atoms with van der Waals surface area (Å²) in [4.78, 5) is 25.6. The van der Waals surface area contributed by atoms with Gasteiger partial charge in [0.1, 0.15) is 5.78 Å². The average Bonchev–Trinajstić information content (AvgIpc) is 2.73. The Kier molecular flexibility index (Phi) is 2.33. The van der Waals surface area contributed by atoms with Gasteiger partial charge in [-0.1, -0.05) is 0 Å². The highest BCUT2D eigenvalue weighted by Gasteiger charge is 2.15. The normalized spacial score (nSPS) is 12.9. The van der Waals surface area contributed by atoms with E-state index in [2.05, 4.69) is 4.98 Å². The standard InChI is InChI=1S/C13H11NO4/c1-7(15)2-9-3-8-4-11-12(18-6-17-11)5-10(8)14-13(9)16/h3-5H,2,6H2,1H3,(H,14,16). The molecule has 2 heterocycles. The lowest BCUT2D eigenvalue weighted by Crippen LogP contribution is -2.14. The zero-order valence-electron chi connectivity index (χ0n) is 9.78. The minimum Gasteiger partial charge on any atom is -0.454 e. The molecule has 0 spiro atoms. The zero-order valence-corrected chi connectivity index (χ0v) is 9.78. The lowest BCUT2D eigenvalue weighted by molar-refractivity contribution is -0.116. The van der Waals surface area contributed by atoms with E-state index >= 15 is 0 Å². The van der Waals surface area contributed by atoms with Crippen molar-refractivity contribution in [2.45, 2.75) is 13.3 Å². The van der Waals surface area contributed by atoms with Crippen molar-refractivity contribution in [1.82, 2.24) is 4.98 Å². The minimum absolute atomic E-state index is 0.0411. The molecule has 0 saturated heterocycles. The van der Waals surface area contributed by atoms with Crippen LogP contribution in [0.25, 0.3) is 10.9 Å². The summed E-state index contributed by atoms with van der Waals surface area (Å²) in [7, 11) is 0. The third kappa shape index (κ3) is 1.73. The molecule has 0 bridgehead atoms. The van der Waals surface area contributed by atoms with E-state index in [0.717, 1.165) is 5.39 Å². The molecule has 1 aliphatic rings. The Morgan fingerprint density at radius 3 is 2.72 bits per heavy atom. The maximum atomic E-state index is 11.8. The third-order valence-corrected chi connectivity index (χ3v) is 2.85. The fourth-order valence-corrected chi connectivity index (χ4v) is 2.04. The third-order valence-electron chi connectivity index (χ3n) is 2.85. The van der Waals surface area contributed by atoms with Crippen LogP contribution in [0.4, 0.5) is 0 Å². The summed E-state index contributed by atoms with van der Waals surface area (Å²) in [6.45, 7) is 1.65. The van der Waals surface area contributed by atoms with Gasteiger partial charge in [-0.3, -0.25) is 9.59 Å². The maximum absolute atomic E-state index is 11.8. The molecular formula is C13H11NO4. The van der Waals surface area contributed by atoms with Gasteiger partial charge in [-0.05, 0) is 19.1 Å². The van der Waals surface area contributed by atoms with Gasteiger partial charge in [-0.15, -0.1) is 0 Å². The topological polar surface area (TPSA) is 68.4 Å². The lowest BCUT2D eigenvalue weighted by atomic mass is 10.1. The van der Waals surface area contributed by atoms with Crippen LogP contribution in [-0.2, 0) is 11.2 Å². The number of rotatable bonds is 2. The molecule has 1 aromatic heterocycles. The van der Waals surface area contributed by atoms with Crippen LogP contribution in [0.2, 0.25) is 0 Å². The molecule has 0 fully saturated rings. The zero-order chi connectivity index (χ0) is 12.7. The van der Waals surface area contributed by atoms with Gasteiger partial charge in [0.05, 0.1) is 5.52 Å². The summed E-state index contributed by atoms with van der Waals surface area (Å²) in [5.74, 6) is 1.24. The van der Waals surface area contributed by atoms with Gasteiger partial charge in [-0.2, -0.15) is 0 Å². The fourth-order valence-electron chi connectivity index (χ4n) is 2.04. The van der Waals surface area contributed by atoms with E-state index in [0.29, 0.717) is 22.6 Å². The number of aromatic nitrogens is 1. The first-order chi connectivity index (χ1) is 8.63. The Labute approximate surface area is 102 Å². The Hall–Kier alpha value is -2.30. The first kappa shape index (κ1) is 10.8. The monoisotopic (exact) mass is 245 g/mol. The highest BCUT2D eigenvalue weighted by molar-refractivity contribution is 5.85. The summed E-state index contributed by atoms with van der Waals surface area (Å²) >= 11 is 0. The summed E-state index contributed by atoms with van der Waals surface area (Å²) < 4.78 is 10.5. The molecule has 5 nitrogen and oxygen atoms in total. The molecule has 0 radical (unpaired) electrons. The smallest absolute Gasteiger partial charge is 0.252 e. The van der Waals surface area contributed by atoms with Gasteiger partial charge in [0.25, 0.3) is 5.56 Å². The van der Waals surface area contributed by atoms with Crippen LogP contribution in [0.15, 0.2) is 23.0 Å². The first-order valence-corrected chi connectivity index (χ1v) is 5.58. The van der Waals surface area contributed by atoms with Crippen molar-refractivity contribution in [3.05, 3.63) is 34.1 Å². The Morgan fingerprint density at radius 1 is 1.28 bits per heavy atom. The molecule has 0 unspecified atom stereocenters. The summed E-state index contributed by atoms with van der Waals surface area (Å²) in [5.41, 5.74) is 0.905. The van der Waals surface area contributed by atoms with Crippen molar-refractivity contribution in [3.8, 4) is 11.5 Å². The summed E-state index contributed by atoms with van der Waals surface area (Å²) in [6, 6.07) is 5.26. The number of ether oxygens (including phenoxy) is 2. The molecule has 0 aliphatic carbocycles. The van der Waals surface area contributed by atoms with Crippen LogP contribution in [-0.4, -0.2) is 17.6 Å². The quantitative estimate of drug-likeness (QED) is 0.868. The van der Waals surface area contributed by atoms with Crippen molar-refractivity contribution in [3.63, 3.8) is 0 Å². The number of carbonyl (C=O) groups is 1. The van der Waals surface area contributed by atoms with Crippen molar-refractivity contribution in [2.75, 3.05) is 6.79 Å². The molecule has 1 aliphatic heterocycles. The van der Waals surface area contributed by atoms with E-state index in [1.54, 1.807) is 18.2 Å². The predicted octanol–water partition coefficient (Wildman–Crippen LogP) is 1.39. The summed E-state index contributed by atoms with van der Waals surface area (Å²) in [5, 5.41) is 0.829. The van der Waals surface area contributed by atoms with Crippen LogP contribution < -0.4 is 15.0 Å². The number of H-pyrrole nitrogens is 1. The SMILES string of the molecule is CC(=O)Cc1cc2cc3c(cc2[nH]c1=O)OCO3. The van der Waals surface area contributed by atoms with E-state index in [1.165, 1.54) is 6.92 Å². The second kappa shape index (κ2) is 3.87. The van der Waals surface area contributed by atoms with Crippen molar-refractivity contribution in [2.24, 2.45) is 0 Å². The van der Waals surface area contributed by atoms with Gasteiger partial charge < -0.3 is 14.5 Å². The molecule has 0 amide bonds. The molecule has 1 aromatic carbocycles. The average molecular weight is 245 g/mol. The van der Waals surface area contributed by atoms with E-state index in [9.17, 15) is 9.59 Å². The molecule has 92 valence electrons. The number of carbonyl (C=O) groups excluding carboxylic acids is 1. The van der Waals surface area contributed by atoms with Crippen molar-refractivity contribution >= 4 is 16.7 Å². The number of aromatic amines is 1. The molecule has 5 heteroatoms. The maximum Gasteiger partial charge on any atom is 0.252 e. The number of ketones is 1. The number of nitrogens with one attached hydrogen (secondary N) is 1. The lowest BCUT2D eigenvalue weighted by Gasteiger charge is -2.03. The van der Waals surface area contributed by atoms with Crippen molar-refractivity contribution in [1.29, 1.82) is 0 Å². The molecule has 2 aromatic rings. The second-order valence-corrected chi connectivity index (χ2v) is 4.30. The van der Waals surface area contributed by atoms with Crippen LogP contribution >= 0.6 is 0 Å². The van der Waals surface area contributed by atoms with E-state index < -0.39 is 0 Å². The van der Waals surface area contributed by atoms with Crippen LogP contribution in [0.3, 0.4) is 0 Å². The van der Waals surface area contributed by atoms with Gasteiger partial charge >= 0.3 is 0 Å². The molecule has 0 saturated carbocycles. The molecule has 18 heavy (non-hydrogen) atoms. The molecular weight excluding hydrogens is 234 g/mol. The number of benzene rings is 1. The van der Waals surface area contributed by atoms with Crippen molar-refractivity contribution < 1.29 is 14.3 Å². The van der Waals surface area contributed by atoms with E-state index in [-0.39, 0.29) is 24.6 Å². The highest BCUT2D eigenvalue weighted by Crippen LogP contribution is 2.35. The molecule has 3 rings (SSSR count). The highest BCUT2D eigenvalue weighted by atomic mass is 16.7. The first-order valence-electron chi connectivity index (χ1n) is 5.58. The van der Waals surface area contributed by atoms with Crippen LogP contribution in [0.1, 0.15) is 12.5 Å². The molecule has 0 atom stereocenters. The fraction of sp³-hybridized carbons (Fsp3) is 0.231. The van der Waals surface area contributed by atoms with Gasteiger partial charge in [0.15, 0.2) is 11.5 Å². The number of pyridine rings is 1. The summed E-state index contributed by atoms with van der Waals surface area (Å²) in [6.07, 6.45) is 0.139. The minimum atomic E-state index is -0.239. The van der Waals surface area contributed by atoms with Gasteiger partial charge in [-0.25, -0.2) is 0 Å². The predicted molar refractivity (Wildman–Crippen MR) is 65.1 cm³/mol. The van der Waals surface area contributed by atoms with Gasteiger partial charge in [0.2, 0.25) is 6.79 Å².